The Morgan fingerprint density at radius 1 is 0.667 bits per heavy atom. The van der Waals surface area contributed by atoms with Gasteiger partial charge in [0.1, 0.15) is 22.3 Å². The average molecular weight is 534 g/mol. The lowest BCUT2D eigenvalue weighted by atomic mass is 10.2. The number of halogens is 2. The molecule has 8 nitrogen and oxygen atoms in total. The number of carbonyl (C=O) groups excluding carboxylic acids is 2. The zero-order valence-corrected chi connectivity index (χ0v) is 18.0. The summed E-state index contributed by atoms with van der Waals surface area (Å²) in [5.74, 6) is -1.79. The summed E-state index contributed by atoms with van der Waals surface area (Å²) < 4.78 is 11.7. The largest absolute Gasteiger partial charge is 0.422 e. The molecule has 2 heterocycles. The predicted octanol–water partition coefficient (Wildman–Crippen LogP) is 3.50. The highest BCUT2D eigenvalue weighted by molar-refractivity contribution is 9.10. The lowest BCUT2D eigenvalue weighted by molar-refractivity contribution is 0.0842. The van der Waals surface area contributed by atoms with E-state index in [1.807, 2.05) is 0 Å². The van der Waals surface area contributed by atoms with Crippen molar-refractivity contribution in [1.29, 1.82) is 0 Å². The fourth-order valence-corrected chi connectivity index (χ4v) is 3.51. The summed E-state index contributed by atoms with van der Waals surface area (Å²) in [5.41, 5.74) is 2.47. The van der Waals surface area contributed by atoms with Crippen LogP contribution in [-0.2, 0) is 0 Å². The lowest BCUT2D eigenvalue weighted by Gasteiger charge is -2.07. The van der Waals surface area contributed by atoms with Crippen molar-refractivity contribution in [2.45, 2.75) is 0 Å². The Bertz CT molecular complexity index is 1350. The molecule has 0 aliphatic heterocycles. The van der Waals surface area contributed by atoms with E-state index in [1.165, 1.54) is 12.1 Å². The molecule has 0 bridgehead atoms. The first-order chi connectivity index (χ1) is 14.3. The summed E-state index contributed by atoms with van der Waals surface area (Å²) in [5, 5.41) is 1.03. The van der Waals surface area contributed by atoms with E-state index in [1.54, 1.807) is 36.4 Å². The van der Waals surface area contributed by atoms with Crippen molar-refractivity contribution in [1.82, 2.24) is 10.9 Å². The van der Waals surface area contributed by atoms with Crippen LogP contribution in [0.25, 0.3) is 21.9 Å². The smallest absolute Gasteiger partial charge is 0.349 e. The van der Waals surface area contributed by atoms with Crippen LogP contribution in [0.4, 0.5) is 0 Å². The van der Waals surface area contributed by atoms with Crippen molar-refractivity contribution < 1.29 is 18.4 Å². The Hall–Kier alpha value is -3.24. The number of fused-ring (bicyclic) bond motifs is 2. The Morgan fingerprint density at radius 3 is 1.47 bits per heavy atom. The monoisotopic (exact) mass is 532 g/mol. The van der Waals surface area contributed by atoms with Crippen LogP contribution in [0.3, 0.4) is 0 Å². The van der Waals surface area contributed by atoms with Crippen LogP contribution in [0.5, 0.6) is 0 Å². The lowest BCUT2D eigenvalue weighted by Crippen LogP contribution is -2.44. The normalized spacial score (nSPS) is 10.9. The van der Waals surface area contributed by atoms with Gasteiger partial charge < -0.3 is 8.83 Å². The minimum atomic E-state index is -0.896. The molecule has 0 aliphatic rings. The molecular formula is C20H10Br2N2O6. The molecule has 2 N–H and O–H groups in total. The van der Waals surface area contributed by atoms with E-state index in [2.05, 4.69) is 42.7 Å². The Labute approximate surface area is 184 Å². The second kappa shape index (κ2) is 7.88. The molecule has 2 aromatic carbocycles. The van der Waals surface area contributed by atoms with Gasteiger partial charge in [-0.15, -0.1) is 0 Å². The van der Waals surface area contributed by atoms with Crippen molar-refractivity contribution in [3.63, 3.8) is 0 Å². The number of benzene rings is 2. The Balaban J connectivity index is 1.57. The summed E-state index contributed by atoms with van der Waals surface area (Å²) in [7, 11) is 0. The number of nitrogens with one attached hydrogen (secondary N) is 2. The molecule has 10 heteroatoms. The van der Waals surface area contributed by atoms with Crippen molar-refractivity contribution in [2.24, 2.45) is 0 Å². The van der Waals surface area contributed by atoms with E-state index in [0.717, 1.165) is 8.95 Å². The molecule has 0 radical (unpaired) electrons. The van der Waals surface area contributed by atoms with E-state index in [9.17, 15) is 19.2 Å². The molecule has 150 valence electrons. The number of hydrogen-bond donors (Lipinski definition) is 2. The highest BCUT2D eigenvalue weighted by Crippen LogP contribution is 2.20. The maximum Gasteiger partial charge on any atom is 0.349 e. The quantitative estimate of drug-likeness (QED) is 0.301. The fraction of sp³-hybridized carbons (Fsp3) is 0. The molecule has 0 atom stereocenters. The predicted molar refractivity (Wildman–Crippen MR) is 115 cm³/mol. The van der Waals surface area contributed by atoms with Gasteiger partial charge in [0.05, 0.1) is 0 Å². The van der Waals surface area contributed by atoms with Crippen molar-refractivity contribution in [3.05, 3.63) is 89.4 Å². The third-order valence-corrected chi connectivity index (χ3v) is 5.15. The number of carbonyl (C=O) groups is 2. The van der Waals surface area contributed by atoms with Crippen molar-refractivity contribution >= 4 is 65.6 Å². The summed E-state index contributed by atoms with van der Waals surface area (Å²) in [6, 6.07) is 12.6. The Kier molecular flexibility index (Phi) is 5.27. The van der Waals surface area contributed by atoms with Crippen LogP contribution in [0.15, 0.2) is 75.9 Å². The van der Waals surface area contributed by atoms with Gasteiger partial charge in [-0.1, -0.05) is 31.9 Å². The van der Waals surface area contributed by atoms with Gasteiger partial charge in [-0.25, -0.2) is 9.59 Å². The molecule has 4 rings (SSSR count). The van der Waals surface area contributed by atoms with Gasteiger partial charge >= 0.3 is 11.3 Å². The Morgan fingerprint density at radius 2 is 1.07 bits per heavy atom. The van der Waals surface area contributed by atoms with Gasteiger partial charge in [0.15, 0.2) is 0 Å². The minimum absolute atomic E-state index is 0.309. The molecule has 2 aromatic heterocycles. The third kappa shape index (κ3) is 3.91. The van der Waals surface area contributed by atoms with Gasteiger partial charge in [0.25, 0.3) is 11.8 Å². The number of amides is 2. The van der Waals surface area contributed by atoms with Gasteiger partial charge in [-0.05, 0) is 48.5 Å². The molecule has 0 aliphatic carbocycles. The summed E-state index contributed by atoms with van der Waals surface area (Å²) in [4.78, 5) is 48.9. The first-order valence-electron chi connectivity index (χ1n) is 8.39. The summed E-state index contributed by atoms with van der Waals surface area (Å²) in [6.07, 6.45) is 0. The molecule has 0 fully saturated rings. The van der Waals surface area contributed by atoms with Crippen molar-refractivity contribution in [3.8, 4) is 0 Å². The van der Waals surface area contributed by atoms with Crippen LogP contribution >= 0.6 is 31.9 Å². The van der Waals surface area contributed by atoms with E-state index in [-0.39, 0.29) is 11.1 Å². The maximum atomic E-state index is 12.4. The zero-order valence-electron chi connectivity index (χ0n) is 14.8. The van der Waals surface area contributed by atoms with E-state index < -0.39 is 23.1 Å². The zero-order chi connectivity index (χ0) is 21.4. The number of hydrazine groups is 1. The topological polar surface area (TPSA) is 119 Å². The maximum absolute atomic E-state index is 12.4. The van der Waals surface area contributed by atoms with Gasteiger partial charge in [-0.2, -0.15) is 0 Å². The molecule has 0 spiro atoms. The van der Waals surface area contributed by atoms with E-state index >= 15 is 0 Å². The van der Waals surface area contributed by atoms with Crippen molar-refractivity contribution in [2.75, 3.05) is 0 Å². The summed E-state index contributed by atoms with van der Waals surface area (Å²) in [6.45, 7) is 0. The van der Waals surface area contributed by atoms with Crippen LogP contribution in [0, 0.1) is 0 Å². The number of rotatable bonds is 2. The summed E-state index contributed by atoms with van der Waals surface area (Å²) >= 11 is 6.60. The highest BCUT2D eigenvalue weighted by atomic mass is 79.9. The van der Waals surface area contributed by atoms with Gasteiger partial charge in [0.2, 0.25) is 0 Å². The molecule has 30 heavy (non-hydrogen) atoms. The first-order valence-corrected chi connectivity index (χ1v) is 9.98. The molecule has 4 aromatic rings. The molecule has 0 saturated heterocycles. The fourth-order valence-electron chi connectivity index (χ4n) is 2.75. The average Bonchev–Trinajstić information content (AvgIpc) is 2.71. The molecule has 0 saturated carbocycles. The van der Waals surface area contributed by atoms with Gasteiger partial charge in [-0.3, -0.25) is 20.4 Å². The van der Waals surface area contributed by atoms with E-state index in [4.69, 9.17) is 8.83 Å². The van der Waals surface area contributed by atoms with Crippen LogP contribution in [-0.4, -0.2) is 11.8 Å². The standard InChI is InChI=1S/C20H10Br2N2O6/c21-11-1-3-15-9(5-11)7-13(19(27)29-15)17(25)23-24-18(26)14-8-10-6-12(22)2-4-16(10)30-20(14)28/h1-8H,(H,23,25)(H,24,26). The highest BCUT2D eigenvalue weighted by Gasteiger charge is 2.18. The van der Waals surface area contributed by atoms with Gasteiger partial charge in [0, 0.05) is 19.7 Å². The van der Waals surface area contributed by atoms with Crippen LogP contribution in [0.2, 0.25) is 0 Å². The minimum Gasteiger partial charge on any atom is -0.422 e. The second-order valence-corrected chi connectivity index (χ2v) is 8.00. The SMILES string of the molecule is O=C(NNC(=O)c1cc2cc(Br)ccc2oc1=O)c1cc2cc(Br)ccc2oc1=O. The van der Waals surface area contributed by atoms with E-state index in [0.29, 0.717) is 21.9 Å². The van der Waals surface area contributed by atoms with Crippen LogP contribution in [0.1, 0.15) is 20.7 Å². The first kappa shape index (κ1) is 20.0. The van der Waals surface area contributed by atoms with Crippen LogP contribution < -0.4 is 22.1 Å². The molecular weight excluding hydrogens is 524 g/mol. The molecule has 0 unspecified atom stereocenters. The molecule has 2 amide bonds. The second-order valence-electron chi connectivity index (χ2n) is 6.17. The number of hydrogen-bond acceptors (Lipinski definition) is 6. The third-order valence-electron chi connectivity index (χ3n) is 4.17.